The van der Waals surface area contributed by atoms with Gasteiger partial charge in [0.05, 0.1) is 6.61 Å². The van der Waals surface area contributed by atoms with Crippen LogP contribution in [0.2, 0.25) is 0 Å². The zero-order valence-corrected chi connectivity index (χ0v) is 14.6. The summed E-state index contributed by atoms with van der Waals surface area (Å²) in [7, 11) is 0. The zero-order chi connectivity index (χ0) is 16.9. The number of unbranched alkanes of at least 4 members (excludes halogenated alkanes) is 5. The van der Waals surface area contributed by atoms with Crippen molar-refractivity contribution < 1.29 is 29.2 Å². The second-order valence-electron chi connectivity index (χ2n) is 6.92. The van der Waals surface area contributed by atoms with Gasteiger partial charge in [-0.1, -0.05) is 39.0 Å². The quantitative estimate of drug-likeness (QED) is 0.596. The molecule has 2 saturated heterocycles. The summed E-state index contributed by atoms with van der Waals surface area (Å²) < 4.78 is 23.2. The molecule has 6 nitrogen and oxygen atoms in total. The van der Waals surface area contributed by atoms with Gasteiger partial charge < -0.3 is 29.2 Å². The van der Waals surface area contributed by atoms with Crippen LogP contribution in [0.25, 0.3) is 0 Å². The van der Waals surface area contributed by atoms with E-state index in [1.165, 1.54) is 25.7 Å². The van der Waals surface area contributed by atoms with Gasteiger partial charge in [0, 0.05) is 6.61 Å². The van der Waals surface area contributed by atoms with Crippen LogP contribution < -0.4 is 0 Å². The van der Waals surface area contributed by atoms with Gasteiger partial charge in [0.2, 0.25) is 0 Å². The van der Waals surface area contributed by atoms with Gasteiger partial charge in [0.1, 0.15) is 24.4 Å². The molecular weight excluding hydrogens is 300 g/mol. The predicted octanol–water partition coefficient (Wildman–Crippen LogP) is 1.96. The largest absolute Gasteiger partial charge is 0.394 e. The smallest absolute Gasteiger partial charge is 0.190 e. The minimum absolute atomic E-state index is 0.365. The predicted molar refractivity (Wildman–Crippen MR) is 84.9 cm³/mol. The number of rotatable bonds is 10. The lowest BCUT2D eigenvalue weighted by molar-refractivity contribution is -0.231. The Morgan fingerprint density at radius 1 is 1.09 bits per heavy atom. The molecule has 0 aliphatic carbocycles. The highest BCUT2D eigenvalue weighted by Crippen LogP contribution is 2.39. The van der Waals surface area contributed by atoms with E-state index in [0.29, 0.717) is 6.61 Å². The van der Waals surface area contributed by atoms with E-state index in [-0.39, 0.29) is 12.7 Å². The van der Waals surface area contributed by atoms with Crippen molar-refractivity contribution in [2.75, 3.05) is 13.2 Å². The first-order chi connectivity index (χ1) is 11.0. The third kappa shape index (κ3) is 5.11. The Morgan fingerprint density at radius 2 is 1.78 bits per heavy atom. The van der Waals surface area contributed by atoms with Crippen molar-refractivity contribution in [3.63, 3.8) is 0 Å². The third-order valence-electron chi connectivity index (χ3n) is 4.40. The molecule has 0 bridgehead atoms. The van der Waals surface area contributed by atoms with E-state index >= 15 is 0 Å². The van der Waals surface area contributed by atoms with Gasteiger partial charge in [-0.3, -0.25) is 0 Å². The molecule has 23 heavy (non-hydrogen) atoms. The van der Waals surface area contributed by atoms with Crippen LogP contribution >= 0.6 is 0 Å². The van der Waals surface area contributed by atoms with E-state index in [1.807, 2.05) is 13.8 Å². The SMILES string of the molecule is CCCCCCCCO[C@H]1[C@@H]([C@H](O)CO)OC2OC(C)(C)O[C@@H]21. The second-order valence-corrected chi connectivity index (χ2v) is 6.92. The van der Waals surface area contributed by atoms with Gasteiger partial charge in [-0.25, -0.2) is 0 Å². The van der Waals surface area contributed by atoms with Crippen LogP contribution in [0.15, 0.2) is 0 Å². The van der Waals surface area contributed by atoms with Crippen molar-refractivity contribution in [1.82, 2.24) is 0 Å². The van der Waals surface area contributed by atoms with Crippen LogP contribution in [0.5, 0.6) is 0 Å². The molecule has 2 aliphatic rings. The lowest BCUT2D eigenvalue weighted by Crippen LogP contribution is -2.44. The minimum Gasteiger partial charge on any atom is -0.394 e. The van der Waals surface area contributed by atoms with Crippen molar-refractivity contribution in [1.29, 1.82) is 0 Å². The van der Waals surface area contributed by atoms with Gasteiger partial charge in [0.25, 0.3) is 0 Å². The Balaban J connectivity index is 1.80. The molecule has 5 atom stereocenters. The molecular formula is C17H32O6. The monoisotopic (exact) mass is 332 g/mol. The lowest BCUT2D eigenvalue weighted by atomic mass is 10.1. The molecule has 0 spiro atoms. The molecule has 6 heteroatoms. The molecule has 0 aromatic rings. The van der Waals surface area contributed by atoms with E-state index in [2.05, 4.69) is 6.92 Å². The van der Waals surface area contributed by atoms with E-state index in [4.69, 9.17) is 18.9 Å². The van der Waals surface area contributed by atoms with Gasteiger partial charge in [0.15, 0.2) is 12.1 Å². The number of hydrogen-bond acceptors (Lipinski definition) is 6. The number of fused-ring (bicyclic) bond motifs is 1. The standard InChI is InChI=1S/C17H32O6/c1-4-5-6-7-8-9-10-20-14-13(12(19)11-18)21-16-15(14)22-17(2,3)23-16/h12-16,18-19H,4-11H2,1-3H3/t12-,13-,14+,15-,16?/m1/s1. The molecule has 0 radical (unpaired) electrons. The Bertz CT molecular complexity index is 348. The van der Waals surface area contributed by atoms with Crippen molar-refractivity contribution in [2.45, 2.75) is 95.8 Å². The summed E-state index contributed by atoms with van der Waals surface area (Å²) in [5.41, 5.74) is 0. The Morgan fingerprint density at radius 3 is 2.48 bits per heavy atom. The average molecular weight is 332 g/mol. The number of ether oxygens (including phenoxy) is 4. The maximum Gasteiger partial charge on any atom is 0.190 e. The molecule has 136 valence electrons. The number of aliphatic hydroxyl groups is 2. The van der Waals surface area contributed by atoms with Gasteiger partial charge in [-0.2, -0.15) is 0 Å². The van der Waals surface area contributed by atoms with E-state index in [0.717, 1.165) is 12.8 Å². The molecule has 2 fully saturated rings. The van der Waals surface area contributed by atoms with E-state index < -0.39 is 30.4 Å². The molecule has 2 rings (SSSR count). The average Bonchev–Trinajstić information content (AvgIpc) is 2.98. The van der Waals surface area contributed by atoms with Crippen molar-refractivity contribution in [3.8, 4) is 0 Å². The van der Waals surface area contributed by atoms with E-state index in [9.17, 15) is 10.2 Å². The maximum atomic E-state index is 9.95. The fraction of sp³-hybridized carbons (Fsp3) is 1.00. The molecule has 2 aliphatic heterocycles. The van der Waals surface area contributed by atoms with Crippen molar-refractivity contribution >= 4 is 0 Å². The fourth-order valence-corrected chi connectivity index (χ4v) is 3.21. The van der Waals surface area contributed by atoms with Crippen LogP contribution in [-0.4, -0.2) is 59.9 Å². The summed E-state index contributed by atoms with van der Waals surface area (Å²) in [5, 5.41) is 19.2. The summed E-state index contributed by atoms with van der Waals surface area (Å²) in [6.07, 6.45) is 4.18. The highest BCUT2D eigenvalue weighted by molar-refractivity contribution is 4.96. The molecule has 2 N–H and O–H groups in total. The molecule has 0 aromatic heterocycles. The van der Waals surface area contributed by atoms with Crippen molar-refractivity contribution in [3.05, 3.63) is 0 Å². The number of aliphatic hydroxyl groups excluding tert-OH is 2. The summed E-state index contributed by atoms with van der Waals surface area (Å²) in [4.78, 5) is 0. The topological polar surface area (TPSA) is 77.4 Å². The highest BCUT2D eigenvalue weighted by atomic mass is 16.8. The summed E-state index contributed by atoms with van der Waals surface area (Å²) in [6.45, 7) is 6.09. The van der Waals surface area contributed by atoms with Gasteiger partial charge >= 0.3 is 0 Å². The summed E-state index contributed by atoms with van der Waals surface area (Å²) in [6, 6.07) is 0. The van der Waals surface area contributed by atoms with E-state index in [1.54, 1.807) is 0 Å². The third-order valence-corrected chi connectivity index (χ3v) is 4.40. The van der Waals surface area contributed by atoms with Crippen LogP contribution in [0.4, 0.5) is 0 Å². The normalized spacial score (nSPS) is 33.8. The van der Waals surface area contributed by atoms with Crippen LogP contribution in [0.1, 0.15) is 59.3 Å². The second kappa shape index (κ2) is 8.74. The summed E-state index contributed by atoms with van der Waals surface area (Å²) in [5.74, 6) is -0.716. The van der Waals surface area contributed by atoms with Crippen LogP contribution in [-0.2, 0) is 18.9 Å². The zero-order valence-electron chi connectivity index (χ0n) is 14.6. The molecule has 0 aromatic carbocycles. The van der Waals surface area contributed by atoms with Crippen molar-refractivity contribution in [2.24, 2.45) is 0 Å². The molecule has 0 amide bonds. The first-order valence-electron chi connectivity index (χ1n) is 8.90. The molecule has 2 heterocycles. The Hall–Kier alpha value is -0.240. The Kier molecular flexibility index (Phi) is 7.25. The highest BCUT2D eigenvalue weighted by Gasteiger charge is 2.56. The maximum absolute atomic E-state index is 9.95. The first kappa shape index (κ1) is 19.1. The van der Waals surface area contributed by atoms with Crippen LogP contribution in [0.3, 0.4) is 0 Å². The fourth-order valence-electron chi connectivity index (χ4n) is 3.21. The molecule has 1 unspecified atom stereocenters. The Labute approximate surface area is 139 Å². The first-order valence-corrected chi connectivity index (χ1v) is 8.90. The lowest BCUT2D eigenvalue weighted by Gasteiger charge is -2.28. The van der Waals surface area contributed by atoms with Crippen LogP contribution in [0, 0.1) is 0 Å². The number of hydrogen-bond donors (Lipinski definition) is 2. The minimum atomic E-state index is -0.995. The van der Waals surface area contributed by atoms with Gasteiger partial charge in [-0.05, 0) is 20.3 Å². The molecule has 0 saturated carbocycles. The summed E-state index contributed by atoms with van der Waals surface area (Å²) >= 11 is 0. The van der Waals surface area contributed by atoms with Gasteiger partial charge in [-0.15, -0.1) is 0 Å².